The molecular formula is C16H24FNO. The van der Waals surface area contributed by atoms with E-state index in [1.54, 1.807) is 13.0 Å². The van der Waals surface area contributed by atoms with Gasteiger partial charge in [-0.2, -0.15) is 0 Å². The van der Waals surface area contributed by atoms with E-state index in [9.17, 15) is 4.39 Å². The maximum Gasteiger partial charge on any atom is 0.131 e. The Bertz CT molecular complexity index is 419. The quantitative estimate of drug-likeness (QED) is 0.885. The Labute approximate surface area is 115 Å². The Balaban J connectivity index is 2.20. The van der Waals surface area contributed by atoms with Crippen LogP contribution in [0.2, 0.25) is 0 Å². The average molecular weight is 265 g/mol. The van der Waals surface area contributed by atoms with Crippen LogP contribution >= 0.6 is 0 Å². The first-order valence-corrected chi connectivity index (χ1v) is 7.34. The third-order valence-corrected chi connectivity index (χ3v) is 4.11. The van der Waals surface area contributed by atoms with Gasteiger partial charge in [-0.3, -0.25) is 0 Å². The average Bonchev–Trinajstić information content (AvgIpc) is 2.39. The lowest BCUT2D eigenvalue weighted by atomic mass is 9.84. The highest BCUT2D eigenvalue weighted by molar-refractivity contribution is 5.37. The highest BCUT2D eigenvalue weighted by Crippen LogP contribution is 2.33. The minimum Gasteiger partial charge on any atom is -0.490 e. The molecule has 3 heteroatoms. The van der Waals surface area contributed by atoms with Crippen LogP contribution in [0, 0.1) is 11.7 Å². The zero-order valence-corrected chi connectivity index (χ0v) is 11.9. The predicted octanol–water partition coefficient (Wildman–Crippen LogP) is 4.19. The summed E-state index contributed by atoms with van der Waals surface area (Å²) in [5, 5.41) is 0. The molecule has 0 aliphatic heterocycles. The molecule has 1 aliphatic rings. The molecule has 106 valence electrons. The van der Waals surface area contributed by atoms with Crippen LogP contribution in [0.15, 0.2) is 18.2 Å². The first-order valence-electron chi connectivity index (χ1n) is 7.34. The fraction of sp³-hybridized carbons (Fsp3) is 0.625. The van der Waals surface area contributed by atoms with Crippen molar-refractivity contribution in [3.63, 3.8) is 0 Å². The van der Waals surface area contributed by atoms with Crippen LogP contribution in [0.25, 0.3) is 0 Å². The van der Waals surface area contributed by atoms with E-state index in [1.165, 1.54) is 25.3 Å². The molecule has 0 bridgehead atoms. The van der Waals surface area contributed by atoms with Gasteiger partial charge < -0.3 is 10.5 Å². The molecule has 3 atom stereocenters. The van der Waals surface area contributed by atoms with Gasteiger partial charge >= 0.3 is 0 Å². The molecule has 0 heterocycles. The number of hydrogen-bond acceptors (Lipinski definition) is 2. The van der Waals surface area contributed by atoms with Gasteiger partial charge in [-0.15, -0.1) is 0 Å². The summed E-state index contributed by atoms with van der Waals surface area (Å²) >= 11 is 0. The third kappa shape index (κ3) is 3.27. The Kier molecular flexibility index (Phi) is 4.81. The van der Waals surface area contributed by atoms with Crippen LogP contribution in [0.5, 0.6) is 5.75 Å². The first kappa shape index (κ1) is 14.3. The van der Waals surface area contributed by atoms with E-state index < -0.39 is 0 Å². The number of nitrogens with two attached hydrogens (primary N) is 1. The Morgan fingerprint density at radius 2 is 2.11 bits per heavy atom. The molecule has 2 rings (SSSR count). The summed E-state index contributed by atoms with van der Waals surface area (Å²) in [6.07, 6.45) is 6.08. The fourth-order valence-corrected chi connectivity index (χ4v) is 3.02. The molecule has 0 aromatic heterocycles. The molecule has 0 amide bonds. The van der Waals surface area contributed by atoms with Gasteiger partial charge in [0.2, 0.25) is 0 Å². The predicted molar refractivity (Wildman–Crippen MR) is 75.7 cm³/mol. The minimum absolute atomic E-state index is 0.207. The van der Waals surface area contributed by atoms with Crippen molar-refractivity contribution in [1.82, 2.24) is 0 Å². The van der Waals surface area contributed by atoms with E-state index in [4.69, 9.17) is 10.5 Å². The molecule has 19 heavy (non-hydrogen) atoms. The van der Waals surface area contributed by atoms with Gasteiger partial charge in [-0.1, -0.05) is 19.4 Å². The SMILES string of the molecule is CCC1CCCCC1Oc1cccc(F)c1[C@@H](C)N. The molecule has 2 unspecified atom stereocenters. The topological polar surface area (TPSA) is 35.2 Å². The number of hydrogen-bond donors (Lipinski definition) is 1. The molecule has 1 saturated carbocycles. The van der Waals surface area contributed by atoms with Crippen LogP contribution in [-0.2, 0) is 0 Å². The second-order valence-corrected chi connectivity index (χ2v) is 5.55. The van der Waals surface area contributed by atoms with Gasteiger partial charge in [0.1, 0.15) is 17.7 Å². The number of ether oxygens (including phenoxy) is 1. The molecule has 1 aromatic carbocycles. The molecule has 0 saturated heterocycles. The normalized spacial score (nSPS) is 25.1. The number of halogens is 1. The second kappa shape index (κ2) is 6.38. The molecule has 0 radical (unpaired) electrons. The van der Waals surface area contributed by atoms with Crippen molar-refractivity contribution >= 4 is 0 Å². The van der Waals surface area contributed by atoms with Crippen molar-refractivity contribution in [1.29, 1.82) is 0 Å². The summed E-state index contributed by atoms with van der Waals surface area (Å²) in [5.74, 6) is 0.939. The van der Waals surface area contributed by atoms with Crippen molar-refractivity contribution in [2.24, 2.45) is 11.7 Å². The maximum atomic E-state index is 13.9. The molecule has 1 aromatic rings. The van der Waals surface area contributed by atoms with Crippen LogP contribution < -0.4 is 10.5 Å². The van der Waals surface area contributed by atoms with Crippen LogP contribution in [-0.4, -0.2) is 6.10 Å². The van der Waals surface area contributed by atoms with Crippen molar-refractivity contribution < 1.29 is 9.13 Å². The van der Waals surface area contributed by atoms with Gasteiger partial charge in [0.25, 0.3) is 0 Å². The fourth-order valence-electron chi connectivity index (χ4n) is 3.02. The summed E-state index contributed by atoms with van der Waals surface area (Å²) < 4.78 is 20.0. The molecular weight excluding hydrogens is 241 g/mol. The third-order valence-electron chi connectivity index (χ3n) is 4.11. The van der Waals surface area contributed by atoms with Gasteiger partial charge in [0.05, 0.1) is 0 Å². The standard InChI is InChI=1S/C16H24FNO/c1-3-12-7-4-5-9-14(12)19-15-10-6-8-13(17)16(15)11(2)18/h6,8,10-12,14H,3-5,7,9,18H2,1-2H3/t11-,12?,14?/m1/s1. The van der Waals surface area contributed by atoms with Gasteiger partial charge in [-0.25, -0.2) is 4.39 Å². The van der Waals surface area contributed by atoms with E-state index in [-0.39, 0.29) is 18.0 Å². The van der Waals surface area contributed by atoms with Crippen molar-refractivity contribution in [2.75, 3.05) is 0 Å². The maximum absolute atomic E-state index is 13.9. The smallest absolute Gasteiger partial charge is 0.131 e. The van der Waals surface area contributed by atoms with Crippen LogP contribution in [0.4, 0.5) is 4.39 Å². The van der Waals surface area contributed by atoms with Gasteiger partial charge in [0.15, 0.2) is 0 Å². The molecule has 0 spiro atoms. The summed E-state index contributed by atoms with van der Waals surface area (Å²) in [6.45, 7) is 3.99. The largest absolute Gasteiger partial charge is 0.490 e. The van der Waals surface area contributed by atoms with E-state index in [0.29, 0.717) is 17.2 Å². The molecule has 1 aliphatic carbocycles. The summed E-state index contributed by atoms with van der Waals surface area (Å²) in [5.41, 5.74) is 6.37. The van der Waals surface area contributed by atoms with E-state index in [0.717, 1.165) is 12.8 Å². The van der Waals surface area contributed by atoms with Gasteiger partial charge in [-0.05, 0) is 50.7 Å². The highest BCUT2D eigenvalue weighted by atomic mass is 19.1. The second-order valence-electron chi connectivity index (χ2n) is 5.55. The summed E-state index contributed by atoms with van der Waals surface area (Å²) in [7, 11) is 0. The van der Waals surface area contributed by atoms with E-state index in [1.807, 2.05) is 6.07 Å². The van der Waals surface area contributed by atoms with E-state index >= 15 is 0 Å². The highest BCUT2D eigenvalue weighted by Gasteiger charge is 2.26. The Morgan fingerprint density at radius 3 is 2.79 bits per heavy atom. The Morgan fingerprint density at radius 1 is 1.37 bits per heavy atom. The Hall–Kier alpha value is -1.09. The summed E-state index contributed by atoms with van der Waals surface area (Å²) in [4.78, 5) is 0. The molecule has 2 N–H and O–H groups in total. The van der Waals surface area contributed by atoms with Crippen molar-refractivity contribution in [2.45, 2.75) is 58.1 Å². The lowest BCUT2D eigenvalue weighted by molar-refractivity contribution is 0.0886. The molecule has 1 fully saturated rings. The van der Waals surface area contributed by atoms with E-state index in [2.05, 4.69) is 6.92 Å². The monoisotopic (exact) mass is 265 g/mol. The molecule has 2 nitrogen and oxygen atoms in total. The zero-order chi connectivity index (χ0) is 13.8. The lowest BCUT2D eigenvalue weighted by Crippen LogP contribution is -2.30. The van der Waals surface area contributed by atoms with Crippen LogP contribution in [0.3, 0.4) is 0 Å². The zero-order valence-electron chi connectivity index (χ0n) is 11.9. The first-order chi connectivity index (χ1) is 9.13. The number of rotatable bonds is 4. The number of benzene rings is 1. The van der Waals surface area contributed by atoms with Crippen LogP contribution in [0.1, 0.15) is 57.6 Å². The van der Waals surface area contributed by atoms with Gasteiger partial charge in [0, 0.05) is 11.6 Å². The summed E-state index contributed by atoms with van der Waals surface area (Å²) in [6, 6.07) is 4.63. The lowest BCUT2D eigenvalue weighted by Gasteiger charge is -2.32. The van der Waals surface area contributed by atoms with Crippen molar-refractivity contribution in [3.05, 3.63) is 29.6 Å². The van der Waals surface area contributed by atoms with Crippen molar-refractivity contribution in [3.8, 4) is 5.75 Å². The minimum atomic E-state index is -0.347.